The summed E-state index contributed by atoms with van der Waals surface area (Å²) in [6, 6.07) is 0.0295. The monoisotopic (exact) mass is 384 g/mol. The number of amides is 2. The zero-order valence-corrected chi connectivity index (χ0v) is 15.9. The number of rotatable bonds is 4. The van der Waals surface area contributed by atoms with Crippen LogP contribution in [0.3, 0.4) is 0 Å². The Morgan fingerprint density at radius 1 is 1.23 bits per heavy atom. The van der Waals surface area contributed by atoms with Gasteiger partial charge in [-0.25, -0.2) is 14.8 Å². The van der Waals surface area contributed by atoms with Crippen molar-refractivity contribution in [2.24, 2.45) is 5.73 Å². The van der Waals surface area contributed by atoms with Crippen LogP contribution in [-0.4, -0.2) is 49.6 Å². The predicted molar refractivity (Wildman–Crippen MR) is 99.3 cm³/mol. The van der Waals surface area contributed by atoms with Gasteiger partial charge < -0.3 is 26.8 Å². The lowest BCUT2D eigenvalue weighted by atomic mass is 9.88. The van der Waals surface area contributed by atoms with Crippen molar-refractivity contribution < 1.29 is 14.7 Å². The molecule has 0 bridgehead atoms. The molecule has 0 spiro atoms. The lowest BCUT2D eigenvalue weighted by molar-refractivity contribution is 0.0556. The van der Waals surface area contributed by atoms with E-state index in [4.69, 9.17) is 23.1 Å². The summed E-state index contributed by atoms with van der Waals surface area (Å²) in [5.41, 5.74) is 10.2. The molecule has 1 aromatic heterocycles. The van der Waals surface area contributed by atoms with Gasteiger partial charge in [0.2, 0.25) is 0 Å². The number of primary amides is 1. The van der Waals surface area contributed by atoms with Crippen molar-refractivity contribution in [1.82, 2.24) is 14.9 Å². The van der Waals surface area contributed by atoms with E-state index >= 15 is 0 Å². The quantitative estimate of drug-likeness (QED) is 0.622. The van der Waals surface area contributed by atoms with Crippen molar-refractivity contribution in [2.45, 2.75) is 64.1 Å². The zero-order valence-electron chi connectivity index (χ0n) is 15.1. The third-order valence-electron chi connectivity index (χ3n) is 4.45. The first-order valence-corrected chi connectivity index (χ1v) is 8.80. The summed E-state index contributed by atoms with van der Waals surface area (Å²) in [6.45, 7) is 5.68. The molecular weight excluding hydrogens is 360 g/mol. The Labute approximate surface area is 157 Å². The Hall–Kier alpha value is -2.29. The van der Waals surface area contributed by atoms with Gasteiger partial charge in [-0.3, -0.25) is 4.79 Å². The van der Waals surface area contributed by atoms with Gasteiger partial charge >= 0.3 is 6.09 Å². The molecule has 0 aliphatic heterocycles. The van der Waals surface area contributed by atoms with Gasteiger partial charge in [0.05, 0.1) is 0 Å². The second-order valence-electron chi connectivity index (χ2n) is 7.43. The van der Waals surface area contributed by atoms with Crippen molar-refractivity contribution in [3.05, 3.63) is 10.8 Å². The van der Waals surface area contributed by atoms with Gasteiger partial charge in [0.25, 0.3) is 5.91 Å². The maximum Gasteiger partial charge on any atom is 0.407 e. The zero-order chi connectivity index (χ0) is 19.6. The number of carboxylic acid groups (broad SMARTS) is 1. The van der Waals surface area contributed by atoms with Gasteiger partial charge in [-0.2, -0.15) is 0 Å². The van der Waals surface area contributed by atoms with Gasteiger partial charge in [-0.15, -0.1) is 0 Å². The molecule has 0 radical (unpaired) electrons. The van der Waals surface area contributed by atoms with Crippen molar-refractivity contribution in [2.75, 3.05) is 11.1 Å². The first-order chi connectivity index (χ1) is 12.0. The molecule has 0 saturated heterocycles. The van der Waals surface area contributed by atoms with Crippen molar-refractivity contribution in [1.29, 1.82) is 0 Å². The number of hydrogen-bond acceptors (Lipinski definition) is 6. The van der Waals surface area contributed by atoms with Crippen LogP contribution in [-0.2, 0) is 0 Å². The topological polar surface area (TPSA) is 147 Å². The molecular formula is C16H25ClN6O3. The van der Waals surface area contributed by atoms with Crippen LogP contribution in [0.25, 0.3) is 0 Å². The number of nitrogen functional groups attached to an aromatic ring is 1. The largest absolute Gasteiger partial charge is 0.465 e. The summed E-state index contributed by atoms with van der Waals surface area (Å²) in [5, 5.41) is 12.7. The van der Waals surface area contributed by atoms with Gasteiger partial charge in [0.1, 0.15) is 0 Å². The smallest absolute Gasteiger partial charge is 0.407 e. The number of anilines is 2. The van der Waals surface area contributed by atoms with E-state index in [2.05, 4.69) is 15.3 Å². The van der Waals surface area contributed by atoms with Crippen molar-refractivity contribution in [3.8, 4) is 0 Å². The molecule has 0 aromatic carbocycles. The molecule has 2 amide bonds. The summed E-state index contributed by atoms with van der Waals surface area (Å²) in [7, 11) is 0. The first kappa shape index (κ1) is 20.0. The molecule has 10 heteroatoms. The third kappa shape index (κ3) is 4.46. The van der Waals surface area contributed by atoms with Gasteiger partial charge in [-0.1, -0.05) is 11.6 Å². The molecule has 2 rings (SSSR count). The van der Waals surface area contributed by atoms with E-state index < -0.39 is 17.5 Å². The maximum absolute atomic E-state index is 11.6. The van der Waals surface area contributed by atoms with Crippen LogP contribution in [0, 0.1) is 0 Å². The highest BCUT2D eigenvalue weighted by Gasteiger charge is 2.35. The van der Waals surface area contributed by atoms with Crippen LogP contribution in [0.2, 0.25) is 5.15 Å². The molecule has 26 heavy (non-hydrogen) atoms. The highest BCUT2D eigenvalue weighted by atomic mass is 35.5. The minimum Gasteiger partial charge on any atom is -0.465 e. The molecule has 0 unspecified atom stereocenters. The second-order valence-corrected chi connectivity index (χ2v) is 7.79. The van der Waals surface area contributed by atoms with Crippen molar-refractivity contribution >= 4 is 35.2 Å². The Kier molecular flexibility index (Phi) is 5.80. The van der Waals surface area contributed by atoms with E-state index in [0.29, 0.717) is 5.82 Å². The van der Waals surface area contributed by atoms with E-state index in [0.717, 1.165) is 25.7 Å². The number of halogens is 1. The normalized spacial score (nSPS) is 20.5. The fourth-order valence-corrected chi connectivity index (χ4v) is 3.54. The molecule has 1 aromatic rings. The Morgan fingerprint density at radius 3 is 2.27 bits per heavy atom. The van der Waals surface area contributed by atoms with Crippen LogP contribution in [0.15, 0.2) is 0 Å². The number of nitrogens with one attached hydrogen (secondary N) is 1. The fourth-order valence-electron chi connectivity index (χ4n) is 3.36. The van der Waals surface area contributed by atoms with E-state index in [1.807, 2.05) is 20.8 Å². The number of aromatic nitrogens is 2. The number of nitrogens with zero attached hydrogens (tertiary/aromatic N) is 3. The predicted octanol–water partition coefficient (Wildman–Crippen LogP) is 2.31. The first-order valence-electron chi connectivity index (χ1n) is 8.42. The molecule has 6 N–H and O–H groups in total. The Balaban J connectivity index is 2.04. The molecule has 1 saturated carbocycles. The van der Waals surface area contributed by atoms with Gasteiger partial charge in [0.15, 0.2) is 22.5 Å². The number of hydrogen-bond donors (Lipinski definition) is 4. The van der Waals surface area contributed by atoms with E-state index in [1.54, 1.807) is 0 Å². The summed E-state index contributed by atoms with van der Waals surface area (Å²) < 4.78 is 0. The molecule has 1 aliphatic carbocycles. The van der Waals surface area contributed by atoms with Gasteiger partial charge in [-0.05, 0) is 46.5 Å². The lowest BCUT2D eigenvalue weighted by Gasteiger charge is -2.42. The lowest BCUT2D eigenvalue weighted by Crippen LogP contribution is -2.52. The molecule has 0 atom stereocenters. The maximum atomic E-state index is 11.6. The Morgan fingerprint density at radius 2 is 1.81 bits per heavy atom. The molecule has 1 fully saturated rings. The third-order valence-corrected chi connectivity index (χ3v) is 4.71. The van der Waals surface area contributed by atoms with Crippen LogP contribution in [0.5, 0.6) is 0 Å². The summed E-state index contributed by atoms with van der Waals surface area (Å²) in [5.74, 6) is -0.577. The summed E-state index contributed by atoms with van der Waals surface area (Å²) in [4.78, 5) is 32.3. The van der Waals surface area contributed by atoms with Crippen LogP contribution in [0.1, 0.15) is 56.9 Å². The minimum absolute atomic E-state index is 0.0250. The van der Waals surface area contributed by atoms with E-state index in [-0.39, 0.29) is 28.7 Å². The number of nitrogens with two attached hydrogens (primary N) is 2. The van der Waals surface area contributed by atoms with Crippen LogP contribution < -0.4 is 16.8 Å². The van der Waals surface area contributed by atoms with Gasteiger partial charge in [0, 0.05) is 17.6 Å². The number of carbonyl (C=O) groups is 2. The molecule has 1 aliphatic rings. The highest BCUT2D eigenvalue weighted by molar-refractivity contribution is 6.32. The summed E-state index contributed by atoms with van der Waals surface area (Å²) >= 11 is 6.06. The fraction of sp³-hybridized carbons (Fsp3) is 0.625. The number of carbonyl (C=O) groups excluding carboxylic acids is 1. The Bertz CT molecular complexity index is 698. The molecule has 9 nitrogen and oxygen atoms in total. The standard InChI is InChI=1S/C16H25ClN6O3/c1-16(2,3)23(15(25)26)9-6-4-8(5-7-9)20-14-11(17)21-10(13(19)24)12(18)22-14/h8-9H,4-7H2,1-3H3,(H2,19,24)(H,25,26)(H3,18,20,22). The molecule has 1 heterocycles. The average molecular weight is 385 g/mol. The second kappa shape index (κ2) is 7.53. The SMILES string of the molecule is CC(C)(C)N(C(=O)O)C1CCC(Nc2nc(N)c(C(N)=O)nc2Cl)CC1. The minimum atomic E-state index is -0.905. The average Bonchev–Trinajstić information content (AvgIpc) is 2.50. The summed E-state index contributed by atoms with van der Waals surface area (Å²) in [6.07, 6.45) is 2.04. The van der Waals surface area contributed by atoms with Crippen LogP contribution in [0.4, 0.5) is 16.4 Å². The highest BCUT2D eigenvalue weighted by Crippen LogP contribution is 2.31. The van der Waals surface area contributed by atoms with Crippen molar-refractivity contribution in [3.63, 3.8) is 0 Å². The van der Waals surface area contributed by atoms with E-state index in [1.165, 1.54) is 4.90 Å². The van der Waals surface area contributed by atoms with E-state index in [9.17, 15) is 14.7 Å². The molecule has 144 valence electrons. The van der Waals surface area contributed by atoms with Crippen LogP contribution >= 0.6 is 11.6 Å².